The molecule has 3 aromatic rings. The summed E-state index contributed by atoms with van der Waals surface area (Å²) in [6.45, 7) is 2.35. The normalized spacial score (nSPS) is 20.4. The van der Waals surface area contributed by atoms with Gasteiger partial charge >= 0.3 is 0 Å². The molecule has 0 radical (unpaired) electrons. The molecule has 2 fully saturated rings. The van der Waals surface area contributed by atoms with Crippen LogP contribution >= 0.6 is 0 Å². The van der Waals surface area contributed by atoms with Crippen LogP contribution in [0.1, 0.15) is 31.0 Å². The maximum absolute atomic E-state index is 13.5. The lowest BCUT2D eigenvalue weighted by molar-refractivity contribution is -0.146. The number of halogens is 3. The molecule has 12 nitrogen and oxygen atoms in total. The average Bonchev–Trinajstić information content (AvgIpc) is 3.50. The Morgan fingerprint density at radius 2 is 2.08 bits per heavy atom. The Labute approximate surface area is 216 Å². The standard InChI is InChI=1S/C23H27F3N10O2/c1-13-5-18(34-33-13)31-17-6-16(20(25)26)30-22(32-17)35-11-23(12-35,38-2)21(37)28-8-14-3-4-19(27-7-14)36-10-15(24)9-29-36/h3-4,6-7,9-10,13,18,20,33-34H,5,8,11-12H2,1-2H3,(H,28,37)(H,30,31,32). The summed E-state index contributed by atoms with van der Waals surface area (Å²) < 4.78 is 47.1. The van der Waals surface area contributed by atoms with Gasteiger partial charge in [-0.25, -0.2) is 33.2 Å². The second-order valence-electron chi connectivity index (χ2n) is 9.27. The average molecular weight is 533 g/mol. The van der Waals surface area contributed by atoms with Gasteiger partial charge in [0, 0.05) is 32.0 Å². The molecule has 0 bridgehead atoms. The summed E-state index contributed by atoms with van der Waals surface area (Å²) in [6.07, 6.45) is 1.61. The minimum atomic E-state index is -2.78. The molecule has 0 spiro atoms. The first-order valence-corrected chi connectivity index (χ1v) is 11.9. The van der Waals surface area contributed by atoms with Crippen LogP contribution in [0.3, 0.4) is 0 Å². The number of carbonyl (C=O) groups excluding carboxylic acids is 1. The predicted molar refractivity (Wildman–Crippen MR) is 130 cm³/mol. The van der Waals surface area contributed by atoms with Crippen LogP contribution in [0, 0.1) is 5.82 Å². The number of methoxy groups -OCH3 is 1. The van der Waals surface area contributed by atoms with Crippen LogP contribution in [0.15, 0.2) is 36.8 Å². The molecule has 4 N–H and O–H groups in total. The maximum atomic E-state index is 13.5. The highest BCUT2D eigenvalue weighted by Crippen LogP contribution is 2.31. The van der Waals surface area contributed by atoms with E-state index in [2.05, 4.69) is 41.5 Å². The fourth-order valence-electron chi connectivity index (χ4n) is 4.27. The minimum Gasteiger partial charge on any atom is -0.365 e. The number of hydrogen-bond donors (Lipinski definition) is 4. The van der Waals surface area contributed by atoms with Gasteiger partial charge < -0.3 is 20.3 Å². The van der Waals surface area contributed by atoms with Crippen LogP contribution in [0.5, 0.6) is 0 Å². The highest BCUT2D eigenvalue weighted by Gasteiger charge is 2.51. The molecule has 15 heteroatoms. The Morgan fingerprint density at radius 1 is 1.26 bits per heavy atom. The van der Waals surface area contributed by atoms with Crippen LogP contribution in [-0.2, 0) is 16.1 Å². The van der Waals surface area contributed by atoms with Crippen molar-refractivity contribution in [2.45, 2.75) is 44.1 Å². The summed E-state index contributed by atoms with van der Waals surface area (Å²) in [5.74, 6) is -0.0694. The Morgan fingerprint density at radius 3 is 2.68 bits per heavy atom. The van der Waals surface area contributed by atoms with Crippen molar-refractivity contribution in [2.75, 3.05) is 30.4 Å². The zero-order valence-corrected chi connectivity index (χ0v) is 20.7. The number of alkyl halides is 2. The topological polar surface area (TPSA) is 134 Å². The summed E-state index contributed by atoms with van der Waals surface area (Å²) in [5.41, 5.74) is 5.20. The second kappa shape index (κ2) is 10.5. The van der Waals surface area contributed by atoms with E-state index in [1.165, 1.54) is 24.1 Å². The quantitative estimate of drug-likeness (QED) is 0.319. The molecule has 2 unspecified atom stereocenters. The highest BCUT2D eigenvalue weighted by molar-refractivity contribution is 5.88. The smallest absolute Gasteiger partial charge is 0.280 e. The largest absolute Gasteiger partial charge is 0.365 e. The van der Waals surface area contributed by atoms with Gasteiger partial charge in [-0.2, -0.15) is 10.1 Å². The van der Waals surface area contributed by atoms with E-state index in [1.54, 1.807) is 23.2 Å². The summed E-state index contributed by atoms with van der Waals surface area (Å²) in [7, 11) is 1.42. The van der Waals surface area contributed by atoms with Gasteiger partial charge in [0.15, 0.2) is 17.2 Å². The zero-order valence-electron chi connectivity index (χ0n) is 20.7. The number of ether oxygens (including phenoxy) is 1. The summed E-state index contributed by atoms with van der Waals surface area (Å²) in [5, 5.41) is 9.78. The predicted octanol–water partition coefficient (Wildman–Crippen LogP) is 1.28. The van der Waals surface area contributed by atoms with Crippen LogP contribution in [0.4, 0.5) is 24.9 Å². The number of amides is 1. The first-order chi connectivity index (χ1) is 18.2. The van der Waals surface area contributed by atoms with Crippen molar-refractivity contribution >= 4 is 17.7 Å². The van der Waals surface area contributed by atoms with Crippen molar-refractivity contribution in [3.8, 4) is 5.82 Å². The van der Waals surface area contributed by atoms with E-state index < -0.39 is 23.5 Å². The molecule has 2 aliphatic heterocycles. The van der Waals surface area contributed by atoms with Crippen LogP contribution in [-0.4, -0.2) is 68.6 Å². The Kier molecular flexibility index (Phi) is 7.14. The molecule has 3 aromatic heterocycles. The lowest BCUT2D eigenvalue weighted by Gasteiger charge is -2.47. The molecule has 1 amide bonds. The number of nitrogens with one attached hydrogen (secondary N) is 4. The van der Waals surface area contributed by atoms with Crippen LogP contribution < -0.4 is 26.4 Å². The van der Waals surface area contributed by atoms with E-state index in [-0.39, 0.29) is 49.5 Å². The Bertz CT molecular complexity index is 1280. The zero-order chi connectivity index (χ0) is 26.9. The highest BCUT2D eigenvalue weighted by atomic mass is 19.3. The fraction of sp³-hybridized carbons (Fsp3) is 0.435. The Hall–Kier alpha value is -3.82. The van der Waals surface area contributed by atoms with Gasteiger partial charge in [-0.3, -0.25) is 10.2 Å². The van der Waals surface area contributed by atoms with E-state index in [0.29, 0.717) is 11.4 Å². The molecule has 38 heavy (non-hydrogen) atoms. The van der Waals surface area contributed by atoms with Gasteiger partial charge in [0.2, 0.25) is 5.95 Å². The van der Waals surface area contributed by atoms with Crippen molar-refractivity contribution in [1.29, 1.82) is 0 Å². The number of hydrazine groups is 1. The molecule has 5 rings (SSSR count). The van der Waals surface area contributed by atoms with Crippen molar-refractivity contribution in [1.82, 2.24) is 40.9 Å². The van der Waals surface area contributed by atoms with Gasteiger partial charge in [0.05, 0.1) is 31.6 Å². The lowest BCUT2D eigenvalue weighted by Crippen LogP contribution is -2.70. The van der Waals surface area contributed by atoms with Crippen molar-refractivity contribution in [3.05, 3.63) is 53.9 Å². The molecule has 2 atom stereocenters. The van der Waals surface area contributed by atoms with E-state index in [1.807, 2.05) is 6.92 Å². The molecular weight excluding hydrogens is 505 g/mol. The van der Waals surface area contributed by atoms with Gasteiger partial charge in [0.25, 0.3) is 12.3 Å². The van der Waals surface area contributed by atoms with Crippen molar-refractivity contribution < 1.29 is 22.7 Å². The monoisotopic (exact) mass is 532 g/mol. The third-order valence-electron chi connectivity index (χ3n) is 6.40. The van der Waals surface area contributed by atoms with E-state index >= 15 is 0 Å². The number of aromatic nitrogens is 5. The third-order valence-corrected chi connectivity index (χ3v) is 6.40. The SMILES string of the molecule is COC1(C(=O)NCc2ccc(-n3cc(F)cn3)nc2)CN(c2nc(NC3CC(C)NN3)cc(C(F)F)n2)C1. The summed E-state index contributed by atoms with van der Waals surface area (Å²) in [4.78, 5) is 27.2. The minimum absolute atomic E-state index is 0.0830. The second-order valence-corrected chi connectivity index (χ2v) is 9.27. The van der Waals surface area contributed by atoms with Crippen LogP contribution in [0.2, 0.25) is 0 Å². The molecule has 2 aliphatic rings. The van der Waals surface area contributed by atoms with E-state index in [0.717, 1.165) is 12.6 Å². The number of rotatable bonds is 9. The lowest BCUT2D eigenvalue weighted by atomic mass is 9.93. The molecule has 5 heterocycles. The summed E-state index contributed by atoms with van der Waals surface area (Å²) >= 11 is 0. The number of nitrogens with zero attached hydrogens (tertiary/aromatic N) is 6. The third kappa shape index (κ3) is 5.39. The number of carbonyl (C=O) groups is 1. The fourth-order valence-corrected chi connectivity index (χ4v) is 4.27. The first-order valence-electron chi connectivity index (χ1n) is 11.9. The Balaban J connectivity index is 1.21. The van der Waals surface area contributed by atoms with Gasteiger partial charge in [-0.05, 0) is 25.0 Å². The van der Waals surface area contributed by atoms with Gasteiger partial charge in [0.1, 0.15) is 11.5 Å². The summed E-state index contributed by atoms with van der Waals surface area (Å²) in [6, 6.07) is 4.83. The number of anilines is 2. The van der Waals surface area contributed by atoms with Gasteiger partial charge in [-0.1, -0.05) is 6.07 Å². The molecule has 202 valence electrons. The molecular formula is C23H27F3N10O2. The molecule has 2 saturated heterocycles. The molecule has 0 aromatic carbocycles. The van der Waals surface area contributed by atoms with E-state index in [4.69, 9.17) is 4.74 Å². The van der Waals surface area contributed by atoms with Gasteiger partial charge in [-0.15, -0.1) is 0 Å². The van der Waals surface area contributed by atoms with Crippen molar-refractivity contribution in [2.24, 2.45) is 0 Å². The molecule has 0 aliphatic carbocycles. The van der Waals surface area contributed by atoms with Crippen molar-refractivity contribution in [3.63, 3.8) is 0 Å². The van der Waals surface area contributed by atoms with Crippen LogP contribution in [0.25, 0.3) is 5.82 Å². The number of hydrogen-bond acceptors (Lipinski definition) is 10. The molecule has 0 saturated carbocycles. The number of pyridine rings is 1. The first kappa shape index (κ1) is 25.8. The maximum Gasteiger partial charge on any atom is 0.280 e. The van der Waals surface area contributed by atoms with E-state index in [9.17, 15) is 18.0 Å².